The van der Waals surface area contributed by atoms with E-state index in [1.54, 1.807) is 68.1 Å². The molecule has 0 N–H and O–H groups in total. The molecule has 8 nitrogen and oxygen atoms in total. The molecule has 0 saturated heterocycles. The third-order valence-corrected chi connectivity index (χ3v) is 7.60. The lowest BCUT2D eigenvalue weighted by molar-refractivity contribution is 0.0509. The monoisotopic (exact) mass is 578 g/mol. The van der Waals surface area contributed by atoms with Crippen LogP contribution in [0.15, 0.2) is 62.9 Å². The van der Waals surface area contributed by atoms with Crippen molar-refractivity contribution in [2.45, 2.75) is 55.3 Å². The number of hydrogen-bond donors (Lipinski definition) is 0. The summed E-state index contributed by atoms with van der Waals surface area (Å²) in [6.07, 6.45) is 3.40. The number of alkyl halides is 2. The highest BCUT2D eigenvalue weighted by Crippen LogP contribution is 2.32. The van der Waals surface area contributed by atoms with Crippen LogP contribution in [0.1, 0.15) is 48.6 Å². The molecule has 210 valence electrons. The minimum absolute atomic E-state index is 0.00697. The van der Waals surface area contributed by atoms with Crippen LogP contribution in [0.4, 0.5) is 8.78 Å². The van der Waals surface area contributed by atoms with Gasteiger partial charge in [0.1, 0.15) is 17.2 Å². The average molecular weight is 579 g/mol. The van der Waals surface area contributed by atoms with Gasteiger partial charge in [0.25, 0.3) is 15.8 Å². The number of nitrogens with zero attached hydrogens (tertiary/aromatic N) is 4. The second kappa shape index (κ2) is 13.7. The van der Waals surface area contributed by atoms with Crippen molar-refractivity contribution in [2.24, 2.45) is 4.40 Å². The number of unbranched alkanes of at least 4 members (excludes halogenated alkanes) is 1. The first-order valence-corrected chi connectivity index (χ1v) is 14.8. The van der Waals surface area contributed by atoms with Crippen LogP contribution < -0.4 is 0 Å². The highest BCUT2D eigenvalue weighted by molar-refractivity contribution is 7.99. The molecule has 39 heavy (non-hydrogen) atoms. The van der Waals surface area contributed by atoms with Gasteiger partial charge < -0.3 is 14.2 Å². The Labute approximate surface area is 232 Å². The summed E-state index contributed by atoms with van der Waals surface area (Å²) in [5.41, 5.74) is 1.94. The summed E-state index contributed by atoms with van der Waals surface area (Å²) in [5.74, 6) is -2.91. The zero-order valence-corrected chi connectivity index (χ0v) is 23.9. The van der Waals surface area contributed by atoms with Crippen LogP contribution in [0.5, 0.6) is 0 Å². The Bertz CT molecular complexity index is 1410. The second-order valence-corrected chi connectivity index (χ2v) is 11.4. The molecule has 0 spiro atoms. The molecule has 1 aromatic heterocycles. The summed E-state index contributed by atoms with van der Waals surface area (Å²) < 4.78 is 62.9. The molecule has 0 bridgehead atoms. The molecular weight excluding hydrogens is 546 g/mol. The highest BCUT2D eigenvalue weighted by atomic mass is 32.2. The summed E-state index contributed by atoms with van der Waals surface area (Å²) in [7, 11) is -0.574. The molecule has 3 rings (SSSR count). The minimum Gasteiger partial charge on any atom is -0.461 e. The fourth-order valence-corrected chi connectivity index (χ4v) is 5.62. The van der Waals surface area contributed by atoms with Crippen LogP contribution in [0.3, 0.4) is 0 Å². The minimum atomic E-state index is -3.93. The largest absolute Gasteiger partial charge is 0.461 e. The van der Waals surface area contributed by atoms with Gasteiger partial charge in [-0.15, -0.1) is 4.40 Å². The standard InChI is InChI=1S/C27H32F2N4O4S2/c1-5-7-12-23-31-25(38-27(28)29)24(26(34)37-6-2)33(23)17-19-13-15-20(16-14-19)21-10-8-9-11-22(21)39(35,36)30-18-32(3)4/h8-11,13-16,18,27H,5-7,12,17H2,1-4H3/b30-18+. The molecule has 0 radical (unpaired) electrons. The number of benzene rings is 2. The Morgan fingerprint density at radius 3 is 2.46 bits per heavy atom. The number of imidazole rings is 1. The van der Waals surface area contributed by atoms with E-state index in [-0.39, 0.29) is 40.5 Å². The number of aryl methyl sites for hydroxylation is 1. The van der Waals surface area contributed by atoms with Crippen LogP contribution in [0.2, 0.25) is 0 Å². The number of sulfonamides is 1. The van der Waals surface area contributed by atoms with Gasteiger partial charge in [-0.25, -0.2) is 9.78 Å². The van der Waals surface area contributed by atoms with Gasteiger partial charge in [-0.05, 0) is 42.3 Å². The third kappa shape index (κ3) is 7.89. The van der Waals surface area contributed by atoms with E-state index in [9.17, 15) is 22.0 Å². The van der Waals surface area contributed by atoms with E-state index < -0.39 is 21.8 Å². The zero-order chi connectivity index (χ0) is 28.6. The van der Waals surface area contributed by atoms with Crippen molar-refractivity contribution in [3.8, 4) is 11.1 Å². The number of ether oxygens (including phenoxy) is 1. The Morgan fingerprint density at radius 2 is 1.85 bits per heavy atom. The zero-order valence-electron chi connectivity index (χ0n) is 22.3. The molecule has 0 unspecified atom stereocenters. The molecule has 0 aliphatic rings. The second-order valence-electron chi connectivity index (χ2n) is 8.82. The van der Waals surface area contributed by atoms with E-state index in [2.05, 4.69) is 9.38 Å². The van der Waals surface area contributed by atoms with E-state index in [1.165, 1.54) is 17.3 Å². The topological polar surface area (TPSA) is 93.9 Å². The summed E-state index contributed by atoms with van der Waals surface area (Å²) in [4.78, 5) is 18.8. The number of hydrogen-bond acceptors (Lipinski definition) is 6. The lowest BCUT2D eigenvalue weighted by Crippen LogP contribution is -2.16. The van der Waals surface area contributed by atoms with Crippen molar-refractivity contribution in [2.75, 3.05) is 20.7 Å². The number of esters is 1. The van der Waals surface area contributed by atoms with Gasteiger partial charge in [0, 0.05) is 32.6 Å². The van der Waals surface area contributed by atoms with Crippen molar-refractivity contribution in [1.29, 1.82) is 0 Å². The summed E-state index contributed by atoms with van der Waals surface area (Å²) >= 11 is 0.230. The molecule has 0 amide bonds. The smallest absolute Gasteiger partial charge is 0.357 e. The molecular formula is C27H32F2N4O4S2. The molecule has 0 atom stereocenters. The van der Waals surface area contributed by atoms with Gasteiger partial charge in [0.15, 0.2) is 5.69 Å². The number of thioether (sulfide) groups is 1. The maximum absolute atomic E-state index is 13.3. The Balaban J connectivity index is 2.01. The SMILES string of the molecule is CCCCc1nc(SC(F)F)c(C(=O)OCC)n1Cc1ccc(-c2ccccc2S(=O)(=O)/N=C/N(C)C)cc1. The maximum Gasteiger partial charge on any atom is 0.357 e. The number of carbonyl (C=O) groups is 1. The fourth-order valence-electron chi connectivity index (χ4n) is 3.85. The van der Waals surface area contributed by atoms with Crippen LogP contribution in [-0.2, 0) is 27.7 Å². The summed E-state index contributed by atoms with van der Waals surface area (Å²) in [5, 5.41) is -0.0522. The van der Waals surface area contributed by atoms with Crippen molar-refractivity contribution < 1.29 is 26.7 Å². The summed E-state index contributed by atoms with van der Waals surface area (Å²) in [6, 6.07) is 13.8. The predicted octanol–water partition coefficient (Wildman–Crippen LogP) is 5.71. The van der Waals surface area contributed by atoms with E-state index >= 15 is 0 Å². The van der Waals surface area contributed by atoms with Gasteiger partial charge in [-0.3, -0.25) is 0 Å². The normalized spacial score (nSPS) is 11.9. The molecule has 12 heteroatoms. The fraction of sp³-hybridized carbons (Fsp3) is 0.370. The van der Waals surface area contributed by atoms with Crippen molar-refractivity contribution >= 4 is 34.1 Å². The van der Waals surface area contributed by atoms with Gasteiger partial charge in [-0.2, -0.15) is 17.2 Å². The van der Waals surface area contributed by atoms with Crippen LogP contribution in [0.25, 0.3) is 11.1 Å². The molecule has 3 aromatic rings. The van der Waals surface area contributed by atoms with E-state index in [0.717, 1.165) is 18.4 Å². The van der Waals surface area contributed by atoms with E-state index in [0.29, 0.717) is 23.4 Å². The average Bonchev–Trinajstić information content (AvgIpc) is 3.22. The van der Waals surface area contributed by atoms with Crippen molar-refractivity contribution in [3.63, 3.8) is 0 Å². The maximum atomic E-state index is 13.3. The first-order chi connectivity index (χ1) is 18.6. The van der Waals surface area contributed by atoms with Crippen LogP contribution in [0, 0.1) is 0 Å². The predicted molar refractivity (Wildman–Crippen MR) is 149 cm³/mol. The number of aromatic nitrogens is 2. The number of halogens is 2. The Morgan fingerprint density at radius 1 is 1.15 bits per heavy atom. The van der Waals surface area contributed by atoms with E-state index in [1.807, 2.05) is 6.92 Å². The van der Waals surface area contributed by atoms with Crippen molar-refractivity contribution in [1.82, 2.24) is 14.5 Å². The molecule has 2 aromatic carbocycles. The van der Waals surface area contributed by atoms with Gasteiger partial charge in [0.2, 0.25) is 0 Å². The van der Waals surface area contributed by atoms with Gasteiger partial charge >= 0.3 is 5.97 Å². The molecule has 0 aliphatic heterocycles. The van der Waals surface area contributed by atoms with Crippen LogP contribution in [-0.4, -0.2) is 61.6 Å². The summed E-state index contributed by atoms with van der Waals surface area (Å²) in [6.45, 7) is 3.97. The Kier molecular flexibility index (Phi) is 10.6. The number of rotatable bonds is 13. The third-order valence-electron chi connectivity index (χ3n) is 5.63. The quantitative estimate of drug-likeness (QED) is 0.111. The van der Waals surface area contributed by atoms with Crippen molar-refractivity contribution in [3.05, 3.63) is 65.6 Å². The molecule has 1 heterocycles. The van der Waals surface area contributed by atoms with Crippen LogP contribution >= 0.6 is 11.8 Å². The molecule has 0 fully saturated rings. The first kappa shape index (κ1) is 30.3. The van der Waals surface area contributed by atoms with Gasteiger partial charge in [-0.1, -0.05) is 55.8 Å². The lowest BCUT2D eigenvalue weighted by atomic mass is 10.0. The molecule has 0 aliphatic carbocycles. The van der Waals surface area contributed by atoms with Gasteiger partial charge in [0.05, 0.1) is 11.5 Å². The highest BCUT2D eigenvalue weighted by Gasteiger charge is 2.27. The lowest BCUT2D eigenvalue weighted by Gasteiger charge is -2.13. The first-order valence-electron chi connectivity index (χ1n) is 12.4. The van der Waals surface area contributed by atoms with E-state index in [4.69, 9.17) is 4.74 Å². The molecule has 0 saturated carbocycles. The Hall–Kier alpha value is -3.25. The number of carbonyl (C=O) groups excluding carboxylic acids is 1.